The van der Waals surface area contributed by atoms with E-state index >= 15 is 0 Å². The molecule has 1 aliphatic rings. The minimum Gasteiger partial charge on any atom is -0.357 e. The van der Waals surface area contributed by atoms with Gasteiger partial charge in [0.25, 0.3) is 5.91 Å². The molecule has 1 fully saturated rings. The number of thiol groups is 1. The van der Waals surface area contributed by atoms with Crippen molar-refractivity contribution in [3.63, 3.8) is 0 Å². The molecule has 1 heterocycles. The third kappa shape index (κ3) is 7.10. The lowest BCUT2D eigenvalue weighted by Gasteiger charge is -2.32. The molecule has 1 saturated heterocycles. The predicted molar refractivity (Wildman–Crippen MR) is 133 cm³/mol. The number of carbonyl (C=O) groups is 5. The van der Waals surface area contributed by atoms with Gasteiger partial charge in [-0.1, -0.05) is 34.5 Å². The lowest BCUT2D eigenvalue weighted by atomic mass is 9.85. The van der Waals surface area contributed by atoms with E-state index in [0.29, 0.717) is 0 Å². The minimum atomic E-state index is -2.37. The summed E-state index contributed by atoms with van der Waals surface area (Å²) in [6.07, 6.45) is -0.191. The number of likely N-dealkylation sites (N-methyl/N-ethyl adjacent to an activating group) is 2. The molecule has 4 atom stereocenters. The number of carbonyl (C=O) groups excluding carboxylic acids is 5. The van der Waals surface area contributed by atoms with Crippen LogP contribution in [-0.4, -0.2) is 83.0 Å². The molecule has 1 aliphatic heterocycles. The van der Waals surface area contributed by atoms with E-state index in [0.717, 1.165) is 4.90 Å². The number of amides is 6. The van der Waals surface area contributed by atoms with Crippen molar-refractivity contribution in [2.75, 3.05) is 20.6 Å². The second kappa shape index (κ2) is 11.4. The first kappa shape index (κ1) is 24.8. The van der Waals surface area contributed by atoms with E-state index in [-0.39, 0.29) is 19.4 Å². The van der Waals surface area contributed by atoms with Crippen molar-refractivity contribution < 1.29 is 28.1 Å². The average molecular weight is 503 g/mol. The fraction of sp³-hybridized carbons (Fsp3) is 0.783. The van der Waals surface area contributed by atoms with Crippen LogP contribution in [0.15, 0.2) is 0 Å². The molecule has 0 saturated carbocycles. The number of hydrogen-bond acceptors (Lipinski definition) is 6. The van der Waals surface area contributed by atoms with Crippen LogP contribution in [0.5, 0.6) is 0 Å². The summed E-state index contributed by atoms with van der Waals surface area (Å²) in [6.45, 7) is 7.54. The molecule has 0 aliphatic carbocycles. The number of nitrogens with one attached hydrogen (secondary N) is 3. The SMILES string of the molecule is [2H]C([2H])([2H])C(C)C[C@H](NC(=O)[C@@H](S)CCN1C(=O)N(C)C(C)(C)C1=O)C(=O)NC(C(=O)NC)C(C)(C)C. The van der Waals surface area contributed by atoms with Crippen LogP contribution < -0.4 is 16.0 Å². The maximum atomic E-state index is 13.2. The van der Waals surface area contributed by atoms with Crippen molar-refractivity contribution >= 4 is 42.3 Å². The van der Waals surface area contributed by atoms with Crippen LogP contribution in [0.3, 0.4) is 0 Å². The third-order valence-electron chi connectivity index (χ3n) is 5.94. The molecular formula is C23H41N5O5S. The average Bonchev–Trinajstić information content (AvgIpc) is 2.92. The lowest BCUT2D eigenvalue weighted by molar-refractivity contribution is -0.134. The molecule has 3 N–H and O–H groups in total. The molecule has 6 amide bonds. The van der Waals surface area contributed by atoms with Gasteiger partial charge in [0.1, 0.15) is 17.6 Å². The Kier molecular flexibility index (Phi) is 8.33. The topological polar surface area (TPSA) is 128 Å². The quantitative estimate of drug-likeness (QED) is 0.263. The van der Waals surface area contributed by atoms with Crippen LogP contribution in [0.2, 0.25) is 0 Å². The number of hydrogen-bond donors (Lipinski definition) is 4. The summed E-state index contributed by atoms with van der Waals surface area (Å²) >= 11 is 4.30. The molecule has 0 spiro atoms. The second-order valence-corrected chi connectivity index (χ2v) is 10.9. The maximum Gasteiger partial charge on any atom is 0.327 e. The zero-order chi connectivity index (χ0) is 29.1. The largest absolute Gasteiger partial charge is 0.357 e. The Morgan fingerprint density at radius 1 is 1.12 bits per heavy atom. The van der Waals surface area contributed by atoms with Crippen LogP contribution in [0, 0.1) is 11.3 Å². The molecule has 1 rings (SSSR count). The first-order valence-electron chi connectivity index (χ1n) is 12.8. The minimum absolute atomic E-state index is 0.0162. The van der Waals surface area contributed by atoms with Crippen molar-refractivity contribution in [3.05, 3.63) is 0 Å². The Bertz CT molecular complexity index is 906. The van der Waals surface area contributed by atoms with Crippen LogP contribution in [0.4, 0.5) is 4.79 Å². The smallest absolute Gasteiger partial charge is 0.327 e. The molecule has 0 bridgehead atoms. The van der Waals surface area contributed by atoms with Crippen molar-refractivity contribution in [2.24, 2.45) is 11.3 Å². The summed E-state index contributed by atoms with van der Waals surface area (Å²) in [5.41, 5.74) is -1.67. The van der Waals surface area contributed by atoms with Crippen LogP contribution in [-0.2, 0) is 19.2 Å². The van der Waals surface area contributed by atoms with Crippen molar-refractivity contribution in [1.82, 2.24) is 25.8 Å². The summed E-state index contributed by atoms with van der Waals surface area (Å²) in [4.78, 5) is 65.9. The van der Waals surface area contributed by atoms with Gasteiger partial charge < -0.3 is 20.9 Å². The highest BCUT2D eigenvalue weighted by atomic mass is 32.1. The monoisotopic (exact) mass is 502 g/mol. The molecule has 11 heteroatoms. The highest BCUT2D eigenvalue weighted by Crippen LogP contribution is 2.26. The van der Waals surface area contributed by atoms with Gasteiger partial charge >= 0.3 is 6.03 Å². The summed E-state index contributed by atoms with van der Waals surface area (Å²) in [5, 5.41) is 6.68. The standard InChI is InChI=1S/C23H41N5O5S/c1-13(2)12-14(17(29)26-16(19(31)24-8)22(3,4)5)25-18(30)15(34)10-11-28-20(32)23(6,7)27(9)21(28)33/h13-16,34H,10-12H2,1-9H3,(H,24,31)(H,25,30)(H,26,29)/t14-,15-,16?/m0/s1/i1D3/t13?,14-,15-,16?. The Labute approximate surface area is 212 Å². The van der Waals surface area contributed by atoms with Gasteiger partial charge in [0, 0.05) is 24.8 Å². The van der Waals surface area contributed by atoms with Crippen molar-refractivity contribution in [2.45, 2.75) is 84.1 Å². The number of urea groups is 1. The van der Waals surface area contributed by atoms with Gasteiger partial charge in [0.05, 0.1) is 5.25 Å². The van der Waals surface area contributed by atoms with E-state index in [2.05, 4.69) is 28.6 Å². The van der Waals surface area contributed by atoms with Gasteiger partial charge in [-0.15, -0.1) is 0 Å². The van der Waals surface area contributed by atoms with Gasteiger partial charge in [-0.3, -0.25) is 24.1 Å². The summed E-state index contributed by atoms with van der Waals surface area (Å²) in [5.74, 6) is -3.14. The summed E-state index contributed by atoms with van der Waals surface area (Å²) in [7, 11) is 2.95. The Morgan fingerprint density at radius 2 is 1.71 bits per heavy atom. The molecule has 0 aromatic rings. The first-order chi connectivity index (χ1) is 16.7. The fourth-order valence-corrected chi connectivity index (χ4v) is 3.67. The Balaban J connectivity index is 3.02. The second-order valence-electron chi connectivity index (χ2n) is 10.3. The van der Waals surface area contributed by atoms with Gasteiger partial charge in [-0.2, -0.15) is 12.6 Å². The summed E-state index contributed by atoms with van der Waals surface area (Å²) in [6, 6.07) is -2.68. The van der Waals surface area contributed by atoms with Gasteiger partial charge in [0.15, 0.2) is 0 Å². The van der Waals surface area contributed by atoms with E-state index in [1.165, 1.54) is 25.9 Å². The maximum absolute atomic E-state index is 13.2. The number of rotatable bonds is 10. The zero-order valence-corrected chi connectivity index (χ0v) is 22.2. The highest BCUT2D eigenvalue weighted by Gasteiger charge is 2.49. The highest BCUT2D eigenvalue weighted by molar-refractivity contribution is 7.81. The van der Waals surface area contributed by atoms with E-state index in [1.54, 1.807) is 34.6 Å². The first-order valence-corrected chi connectivity index (χ1v) is 11.8. The van der Waals surface area contributed by atoms with Crippen molar-refractivity contribution in [3.8, 4) is 0 Å². The van der Waals surface area contributed by atoms with Gasteiger partial charge in [-0.25, -0.2) is 4.79 Å². The van der Waals surface area contributed by atoms with E-state index < -0.39 is 70.7 Å². The van der Waals surface area contributed by atoms with E-state index in [4.69, 9.17) is 4.11 Å². The van der Waals surface area contributed by atoms with E-state index in [1.807, 2.05) is 0 Å². The molecule has 10 nitrogen and oxygen atoms in total. The lowest BCUT2D eigenvalue weighted by Crippen LogP contribution is -2.58. The van der Waals surface area contributed by atoms with E-state index in [9.17, 15) is 24.0 Å². The van der Waals surface area contributed by atoms with Crippen LogP contribution in [0.1, 0.15) is 65.3 Å². The molecule has 0 aromatic heterocycles. The predicted octanol–water partition coefficient (Wildman–Crippen LogP) is 1.16. The number of nitrogens with zero attached hydrogens (tertiary/aromatic N) is 2. The fourth-order valence-electron chi connectivity index (χ4n) is 3.48. The molecular weight excluding hydrogens is 458 g/mol. The third-order valence-corrected chi connectivity index (χ3v) is 6.43. The molecule has 2 unspecified atom stereocenters. The normalized spacial score (nSPS) is 21.0. The number of imide groups is 1. The van der Waals surface area contributed by atoms with Gasteiger partial charge in [-0.05, 0) is 38.0 Å². The van der Waals surface area contributed by atoms with Crippen molar-refractivity contribution in [1.29, 1.82) is 0 Å². The Hall–Kier alpha value is -2.30. The molecule has 34 heavy (non-hydrogen) atoms. The Morgan fingerprint density at radius 3 is 2.15 bits per heavy atom. The van der Waals surface area contributed by atoms with Crippen LogP contribution in [0.25, 0.3) is 0 Å². The molecule has 0 radical (unpaired) electrons. The van der Waals surface area contributed by atoms with Gasteiger partial charge in [0.2, 0.25) is 17.7 Å². The zero-order valence-electron chi connectivity index (χ0n) is 24.3. The molecule has 0 aromatic carbocycles. The molecule has 194 valence electrons. The van der Waals surface area contributed by atoms with Crippen LogP contribution >= 0.6 is 12.6 Å². The summed E-state index contributed by atoms with van der Waals surface area (Å²) < 4.78 is 23.0.